The van der Waals surface area contributed by atoms with Gasteiger partial charge in [0.1, 0.15) is 5.75 Å². The molecule has 1 aromatic heterocycles. The molecule has 0 radical (unpaired) electrons. The largest absolute Gasteiger partial charge is 0.508 e. The number of phenols is 1. The maximum atomic E-state index is 12.3. The van der Waals surface area contributed by atoms with Crippen LogP contribution in [0.1, 0.15) is 12.5 Å². The lowest BCUT2D eigenvalue weighted by Gasteiger charge is -2.36. The Morgan fingerprint density at radius 3 is 2.61 bits per heavy atom. The number of hydrogen-bond acceptors (Lipinski definition) is 5. The van der Waals surface area contributed by atoms with E-state index in [1.165, 1.54) is 0 Å². The summed E-state index contributed by atoms with van der Waals surface area (Å²) in [6, 6.07) is 7.24. The van der Waals surface area contributed by atoms with Crippen molar-refractivity contribution in [1.29, 1.82) is 0 Å². The Labute approximate surface area is 165 Å². The van der Waals surface area contributed by atoms with Crippen molar-refractivity contribution in [3.8, 4) is 5.75 Å². The Morgan fingerprint density at radius 1 is 1.21 bits per heavy atom. The quantitative estimate of drug-likeness (QED) is 0.586. The van der Waals surface area contributed by atoms with Gasteiger partial charge in [-0.15, -0.1) is 0 Å². The molecular weight excluding hydrogens is 356 g/mol. The molecule has 150 valence electrons. The fourth-order valence-electron chi connectivity index (χ4n) is 3.21. The van der Waals surface area contributed by atoms with Gasteiger partial charge in [0.05, 0.1) is 0 Å². The SMILES string of the molecule is CCNC(=NCCc1ccc(O)cc1)N1CCN(c2nccn(C)c2=O)CC1. The topological polar surface area (TPSA) is 86.0 Å². The molecule has 0 amide bonds. The fraction of sp³-hybridized carbons (Fsp3) is 0.450. The average molecular weight is 384 g/mol. The standard InChI is InChI=1S/C20H28N6O2/c1-3-21-20(23-9-8-16-4-6-17(27)7-5-16)26-14-12-25(13-15-26)18-19(28)24(2)11-10-22-18/h4-7,10-11,27H,3,8-9,12-15H2,1-2H3,(H,21,23). The van der Waals surface area contributed by atoms with E-state index in [0.717, 1.165) is 50.7 Å². The molecule has 1 saturated heterocycles. The van der Waals surface area contributed by atoms with E-state index < -0.39 is 0 Å². The summed E-state index contributed by atoms with van der Waals surface area (Å²) in [4.78, 5) is 25.6. The molecule has 0 unspecified atom stereocenters. The number of aromatic nitrogens is 2. The first-order chi connectivity index (χ1) is 13.6. The summed E-state index contributed by atoms with van der Waals surface area (Å²) >= 11 is 0. The van der Waals surface area contributed by atoms with Gasteiger partial charge in [0.25, 0.3) is 5.56 Å². The highest BCUT2D eigenvalue weighted by molar-refractivity contribution is 5.80. The van der Waals surface area contributed by atoms with Gasteiger partial charge in [-0.3, -0.25) is 9.79 Å². The van der Waals surface area contributed by atoms with E-state index in [4.69, 9.17) is 4.99 Å². The Balaban J connectivity index is 1.60. The van der Waals surface area contributed by atoms with Gasteiger partial charge in [0.2, 0.25) is 0 Å². The Bertz CT molecular complexity index is 854. The molecule has 2 heterocycles. The molecule has 28 heavy (non-hydrogen) atoms. The molecule has 1 aromatic carbocycles. The number of piperazine rings is 1. The van der Waals surface area contributed by atoms with Crippen molar-refractivity contribution < 1.29 is 5.11 Å². The van der Waals surface area contributed by atoms with E-state index in [1.807, 2.05) is 17.0 Å². The summed E-state index contributed by atoms with van der Waals surface area (Å²) in [5, 5.41) is 12.7. The van der Waals surface area contributed by atoms with Crippen LogP contribution in [0.25, 0.3) is 0 Å². The Hall–Kier alpha value is -3.03. The van der Waals surface area contributed by atoms with Crippen molar-refractivity contribution in [2.75, 3.05) is 44.2 Å². The van der Waals surface area contributed by atoms with Crippen LogP contribution in [0.15, 0.2) is 46.4 Å². The highest BCUT2D eigenvalue weighted by Gasteiger charge is 2.22. The van der Waals surface area contributed by atoms with Crippen molar-refractivity contribution in [1.82, 2.24) is 19.8 Å². The van der Waals surface area contributed by atoms with Crippen LogP contribution in [-0.2, 0) is 13.5 Å². The molecule has 8 nitrogen and oxygen atoms in total. The number of anilines is 1. The summed E-state index contributed by atoms with van der Waals surface area (Å²) in [5.74, 6) is 1.69. The molecule has 2 N–H and O–H groups in total. The monoisotopic (exact) mass is 384 g/mol. The number of aliphatic imine (C=N–C) groups is 1. The molecule has 0 aliphatic carbocycles. The zero-order valence-electron chi connectivity index (χ0n) is 16.5. The van der Waals surface area contributed by atoms with Crippen LogP contribution >= 0.6 is 0 Å². The van der Waals surface area contributed by atoms with Crippen LogP contribution in [0.2, 0.25) is 0 Å². The smallest absolute Gasteiger partial charge is 0.293 e. The van der Waals surface area contributed by atoms with E-state index in [2.05, 4.69) is 22.1 Å². The first kappa shape index (κ1) is 19.7. The van der Waals surface area contributed by atoms with Gasteiger partial charge in [0.15, 0.2) is 11.8 Å². The summed E-state index contributed by atoms with van der Waals surface area (Å²) in [6.45, 7) is 6.56. The average Bonchev–Trinajstić information content (AvgIpc) is 2.71. The van der Waals surface area contributed by atoms with Gasteiger partial charge in [0, 0.05) is 58.7 Å². The first-order valence-corrected chi connectivity index (χ1v) is 9.66. The number of nitrogens with zero attached hydrogens (tertiary/aromatic N) is 5. The van der Waals surface area contributed by atoms with E-state index in [1.54, 1.807) is 36.1 Å². The summed E-state index contributed by atoms with van der Waals surface area (Å²) in [5.41, 5.74) is 1.08. The third kappa shape index (κ3) is 4.82. The second kappa shape index (κ2) is 9.25. The summed E-state index contributed by atoms with van der Waals surface area (Å²) in [7, 11) is 1.74. The van der Waals surface area contributed by atoms with Gasteiger partial charge in [-0.25, -0.2) is 4.98 Å². The van der Waals surface area contributed by atoms with Crippen molar-refractivity contribution in [3.63, 3.8) is 0 Å². The molecule has 1 aliphatic rings. The maximum absolute atomic E-state index is 12.3. The Kier molecular flexibility index (Phi) is 6.52. The molecule has 0 saturated carbocycles. The normalized spacial score (nSPS) is 15.0. The number of nitrogens with one attached hydrogen (secondary N) is 1. The minimum absolute atomic E-state index is 0.0644. The van der Waals surface area contributed by atoms with Crippen molar-refractivity contribution in [3.05, 3.63) is 52.6 Å². The van der Waals surface area contributed by atoms with E-state index in [9.17, 15) is 9.90 Å². The molecule has 0 bridgehead atoms. The Morgan fingerprint density at radius 2 is 1.93 bits per heavy atom. The van der Waals surface area contributed by atoms with Crippen LogP contribution in [-0.4, -0.2) is 64.8 Å². The van der Waals surface area contributed by atoms with Gasteiger partial charge in [-0.05, 0) is 31.0 Å². The minimum Gasteiger partial charge on any atom is -0.508 e. The zero-order chi connectivity index (χ0) is 19.9. The number of phenolic OH excluding ortho intramolecular Hbond substituents is 1. The molecule has 2 aromatic rings. The van der Waals surface area contributed by atoms with Crippen molar-refractivity contribution in [2.45, 2.75) is 13.3 Å². The van der Waals surface area contributed by atoms with Gasteiger partial charge in [-0.2, -0.15) is 0 Å². The molecule has 0 atom stereocenters. The zero-order valence-corrected chi connectivity index (χ0v) is 16.5. The second-order valence-corrected chi connectivity index (χ2v) is 6.79. The third-order valence-corrected chi connectivity index (χ3v) is 4.81. The van der Waals surface area contributed by atoms with E-state index in [0.29, 0.717) is 12.4 Å². The lowest BCUT2D eigenvalue weighted by molar-refractivity contribution is 0.371. The molecule has 1 aliphatic heterocycles. The van der Waals surface area contributed by atoms with E-state index in [-0.39, 0.29) is 11.3 Å². The number of benzene rings is 1. The maximum Gasteiger partial charge on any atom is 0.293 e. The molecule has 8 heteroatoms. The summed E-state index contributed by atoms with van der Waals surface area (Å²) < 4.78 is 1.56. The van der Waals surface area contributed by atoms with Crippen molar-refractivity contribution >= 4 is 11.8 Å². The molecule has 0 spiro atoms. The first-order valence-electron chi connectivity index (χ1n) is 9.66. The fourth-order valence-corrected chi connectivity index (χ4v) is 3.21. The van der Waals surface area contributed by atoms with Crippen LogP contribution in [0.3, 0.4) is 0 Å². The molecule has 3 rings (SSSR count). The molecular formula is C20H28N6O2. The number of aryl methyl sites for hydroxylation is 1. The minimum atomic E-state index is -0.0644. The number of hydrogen-bond donors (Lipinski definition) is 2. The van der Waals surface area contributed by atoms with Gasteiger partial charge < -0.3 is 24.8 Å². The van der Waals surface area contributed by atoms with Gasteiger partial charge >= 0.3 is 0 Å². The van der Waals surface area contributed by atoms with E-state index >= 15 is 0 Å². The highest BCUT2D eigenvalue weighted by Crippen LogP contribution is 2.11. The lowest BCUT2D eigenvalue weighted by Crippen LogP contribution is -2.53. The predicted octanol–water partition coefficient (Wildman–Crippen LogP) is 0.816. The van der Waals surface area contributed by atoms with Crippen LogP contribution in [0, 0.1) is 0 Å². The number of rotatable bonds is 5. The molecule has 1 fully saturated rings. The van der Waals surface area contributed by atoms with Crippen molar-refractivity contribution in [2.24, 2.45) is 12.0 Å². The van der Waals surface area contributed by atoms with Crippen LogP contribution in [0.5, 0.6) is 5.75 Å². The number of guanidine groups is 1. The second-order valence-electron chi connectivity index (χ2n) is 6.79. The third-order valence-electron chi connectivity index (χ3n) is 4.81. The summed E-state index contributed by atoms with van der Waals surface area (Å²) in [6.07, 6.45) is 4.16. The van der Waals surface area contributed by atoms with Crippen LogP contribution in [0.4, 0.5) is 5.82 Å². The van der Waals surface area contributed by atoms with Crippen LogP contribution < -0.4 is 15.8 Å². The highest BCUT2D eigenvalue weighted by atomic mass is 16.3. The number of aromatic hydroxyl groups is 1. The van der Waals surface area contributed by atoms with Gasteiger partial charge in [-0.1, -0.05) is 12.1 Å². The lowest BCUT2D eigenvalue weighted by atomic mass is 10.1. The predicted molar refractivity (Wildman–Crippen MR) is 111 cm³/mol.